The summed E-state index contributed by atoms with van der Waals surface area (Å²) in [6, 6.07) is 14.0. The van der Waals surface area contributed by atoms with Crippen LogP contribution < -0.4 is 11.3 Å². The van der Waals surface area contributed by atoms with Crippen molar-refractivity contribution in [2.24, 2.45) is 5.84 Å². The van der Waals surface area contributed by atoms with E-state index < -0.39 is 0 Å². The second-order valence-corrected chi connectivity index (χ2v) is 5.28. The minimum atomic E-state index is -0.378. The molecule has 3 rings (SSSR count). The first-order valence-corrected chi connectivity index (χ1v) is 6.88. The van der Waals surface area contributed by atoms with Crippen LogP contribution in [0.1, 0.15) is 17.4 Å². The van der Waals surface area contributed by atoms with Crippen LogP contribution in [0.25, 0.3) is 11.0 Å². The minimum Gasteiger partial charge on any atom is -0.456 e. The standard InChI is InChI=1S/C15H12BrFN2O/c16-11-6-2-1-5-10(11)14(19-18)13-8-9-4-3-7-12(17)15(9)20-13/h1-8,14,19H,18H2. The van der Waals surface area contributed by atoms with E-state index in [1.54, 1.807) is 18.2 Å². The maximum absolute atomic E-state index is 13.7. The summed E-state index contributed by atoms with van der Waals surface area (Å²) in [7, 11) is 0. The maximum Gasteiger partial charge on any atom is 0.169 e. The third kappa shape index (κ3) is 2.24. The second-order valence-electron chi connectivity index (χ2n) is 4.43. The smallest absolute Gasteiger partial charge is 0.169 e. The molecule has 3 N–H and O–H groups in total. The van der Waals surface area contributed by atoms with Crippen molar-refractivity contribution in [3.63, 3.8) is 0 Å². The van der Waals surface area contributed by atoms with Gasteiger partial charge in [-0.3, -0.25) is 5.84 Å². The quantitative estimate of drug-likeness (QED) is 0.564. The lowest BCUT2D eigenvalue weighted by molar-refractivity contribution is 0.464. The predicted octanol–water partition coefficient (Wildman–Crippen LogP) is 3.89. The highest BCUT2D eigenvalue weighted by atomic mass is 79.9. The molecular weight excluding hydrogens is 323 g/mol. The second kappa shape index (κ2) is 5.36. The topological polar surface area (TPSA) is 51.2 Å². The van der Waals surface area contributed by atoms with Crippen LogP contribution in [0.5, 0.6) is 0 Å². The monoisotopic (exact) mass is 334 g/mol. The van der Waals surface area contributed by atoms with Crippen molar-refractivity contribution in [2.75, 3.05) is 0 Å². The van der Waals surface area contributed by atoms with Gasteiger partial charge in [0.1, 0.15) is 11.8 Å². The number of benzene rings is 2. The molecule has 0 saturated carbocycles. The molecule has 0 spiro atoms. The Balaban J connectivity index is 2.12. The van der Waals surface area contributed by atoms with Crippen LogP contribution in [0, 0.1) is 5.82 Å². The van der Waals surface area contributed by atoms with Gasteiger partial charge in [-0.1, -0.05) is 46.3 Å². The van der Waals surface area contributed by atoms with Gasteiger partial charge in [-0.2, -0.15) is 0 Å². The Morgan fingerprint density at radius 1 is 1.15 bits per heavy atom. The molecule has 0 aliphatic carbocycles. The molecule has 0 radical (unpaired) electrons. The van der Waals surface area contributed by atoms with E-state index in [1.807, 2.05) is 24.3 Å². The molecule has 102 valence electrons. The van der Waals surface area contributed by atoms with Crippen molar-refractivity contribution in [2.45, 2.75) is 6.04 Å². The molecule has 0 fully saturated rings. The first-order chi connectivity index (χ1) is 9.70. The summed E-state index contributed by atoms with van der Waals surface area (Å²) in [5.74, 6) is 5.83. The van der Waals surface area contributed by atoms with Gasteiger partial charge >= 0.3 is 0 Å². The molecule has 0 saturated heterocycles. The molecule has 3 nitrogen and oxygen atoms in total. The fourth-order valence-corrected chi connectivity index (χ4v) is 2.74. The largest absolute Gasteiger partial charge is 0.456 e. The highest BCUT2D eigenvalue weighted by molar-refractivity contribution is 9.10. The van der Waals surface area contributed by atoms with Crippen LogP contribution in [-0.4, -0.2) is 0 Å². The number of furan rings is 1. The first-order valence-electron chi connectivity index (χ1n) is 6.09. The lowest BCUT2D eigenvalue weighted by Crippen LogP contribution is -2.28. The van der Waals surface area contributed by atoms with Crippen molar-refractivity contribution >= 4 is 26.9 Å². The Morgan fingerprint density at radius 3 is 2.65 bits per heavy atom. The van der Waals surface area contributed by atoms with E-state index in [9.17, 15) is 4.39 Å². The lowest BCUT2D eigenvalue weighted by atomic mass is 10.1. The molecule has 20 heavy (non-hydrogen) atoms. The van der Waals surface area contributed by atoms with E-state index in [2.05, 4.69) is 21.4 Å². The van der Waals surface area contributed by atoms with Crippen LogP contribution in [0.2, 0.25) is 0 Å². The molecule has 1 heterocycles. The normalized spacial score (nSPS) is 12.8. The zero-order valence-electron chi connectivity index (χ0n) is 10.4. The highest BCUT2D eigenvalue weighted by Crippen LogP contribution is 2.32. The van der Waals surface area contributed by atoms with Gasteiger partial charge in [0.25, 0.3) is 0 Å². The van der Waals surface area contributed by atoms with Crippen LogP contribution in [0.3, 0.4) is 0 Å². The third-order valence-corrected chi connectivity index (χ3v) is 3.90. The number of hydrogen-bond acceptors (Lipinski definition) is 3. The first kappa shape index (κ1) is 13.3. The van der Waals surface area contributed by atoms with Crippen molar-refractivity contribution in [3.8, 4) is 0 Å². The summed E-state index contributed by atoms with van der Waals surface area (Å²) in [6.45, 7) is 0. The summed E-state index contributed by atoms with van der Waals surface area (Å²) >= 11 is 3.48. The minimum absolute atomic E-state index is 0.245. The van der Waals surface area contributed by atoms with E-state index in [1.165, 1.54) is 6.07 Å². The summed E-state index contributed by atoms with van der Waals surface area (Å²) < 4.78 is 20.2. The van der Waals surface area contributed by atoms with E-state index in [-0.39, 0.29) is 17.4 Å². The van der Waals surface area contributed by atoms with Gasteiger partial charge in [-0.25, -0.2) is 9.82 Å². The molecule has 1 aromatic heterocycles. The van der Waals surface area contributed by atoms with E-state index in [0.717, 1.165) is 10.0 Å². The molecular formula is C15H12BrFN2O. The average Bonchev–Trinajstić information content (AvgIpc) is 2.87. The molecule has 1 unspecified atom stereocenters. The molecule has 0 amide bonds. The molecule has 0 bridgehead atoms. The predicted molar refractivity (Wildman–Crippen MR) is 79.5 cm³/mol. The third-order valence-electron chi connectivity index (χ3n) is 3.18. The number of nitrogens with one attached hydrogen (secondary N) is 1. The summed E-state index contributed by atoms with van der Waals surface area (Å²) in [5.41, 5.74) is 3.88. The SMILES string of the molecule is NNC(c1cc2cccc(F)c2o1)c1ccccc1Br. The van der Waals surface area contributed by atoms with E-state index in [0.29, 0.717) is 11.1 Å². The van der Waals surface area contributed by atoms with Gasteiger partial charge in [0.05, 0.1) is 0 Å². The number of halogens is 2. The van der Waals surface area contributed by atoms with Crippen LogP contribution in [-0.2, 0) is 0 Å². The summed E-state index contributed by atoms with van der Waals surface area (Å²) in [5, 5.41) is 0.715. The summed E-state index contributed by atoms with van der Waals surface area (Å²) in [4.78, 5) is 0. The van der Waals surface area contributed by atoms with Crippen LogP contribution >= 0.6 is 15.9 Å². The van der Waals surface area contributed by atoms with Crippen molar-refractivity contribution in [1.82, 2.24) is 5.43 Å². The fourth-order valence-electron chi connectivity index (χ4n) is 2.22. The number of nitrogens with two attached hydrogens (primary N) is 1. The number of hydrogen-bond donors (Lipinski definition) is 2. The van der Waals surface area contributed by atoms with Gasteiger partial charge < -0.3 is 4.42 Å². The molecule has 5 heteroatoms. The van der Waals surface area contributed by atoms with E-state index in [4.69, 9.17) is 10.3 Å². The molecule has 0 aliphatic rings. The number of hydrazine groups is 1. The van der Waals surface area contributed by atoms with Gasteiger partial charge in [0, 0.05) is 9.86 Å². The van der Waals surface area contributed by atoms with Crippen molar-refractivity contribution in [3.05, 3.63) is 70.1 Å². The molecule has 0 aliphatic heterocycles. The number of para-hydroxylation sites is 1. The lowest BCUT2D eigenvalue weighted by Gasteiger charge is -2.15. The van der Waals surface area contributed by atoms with Gasteiger partial charge in [-0.15, -0.1) is 0 Å². The Kier molecular flexibility index (Phi) is 3.56. The Labute approximate surface area is 123 Å². The molecule has 2 aromatic carbocycles. The van der Waals surface area contributed by atoms with Crippen LogP contribution in [0.4, 0.5) is 4.39 Å². The zero-order chi connectivity index (χ0) is 14.1. The van der Waals surface area contributed by atoms with E-state index >= 15 is 0 Å². The van der Waals surface area contributed by atoms with Gasteiger partial charge in [-0.05, 0) is 23.8 Å². The Morgan fingerprint density at radius 2 is 1.95 bits per heavy atom. The zero-order valence-corrected chi connectivity index (χ0v) is 12.0. The Bertz CT molecular complexity index is 756. The Hall–Kier alpha value is -1.69. The fraction of sp³-hybridized carbons (Fsp3) is 0.0667. The van der Waals surface area contributed by atoms with Gasteiger partial charge in [0.15, 0.2) is 11.4 Å². The summed E-state index contributed by atoms with van der Waals surface area (Å²) in [6.07, 6.45) is 0. The highest BCUT2D eigenvalue weighted by Gasteiger charge is 2.20. The average molecular weight is 335 g/mol. The van der Waals surface area contributed by atoms with Crippen molar-refractivity contribution in [1.29, 1.82) is 0 Å². The maximum atomic E-state index is 13.7. The number of rotatable bonds is 3. The van der Waals surface area contributed by atoms with Crippen LogP contribution in [0.15, 0.2) is 57.4 Å². The van der Waals surface area contributed by atoms with Crippen molar-refractivity contribution < 1.29 is 8.81 Å². The molecule has 1 atom stereocenters. The molecule has 3 aromatic rings. The number of fused-ring (bicyclic) bond motifs is 1. The van der Waals surface area contributed by atoms with Gasteiger partial charge in [0.2, 0.25) is 0 Å².